The van der Waals surface area contributed by atoms with Gasteiger partial charge in [0.2, 0.25) is 0 Å². The van der Waals surface area contributed by atoms with Gasteiger partial charge in [-0.05, 0) is 31.4 Å². The summed E-state index contributed by atoms with van der Waals surface area (Å²) in [6.45, 7) is 1.90. The lowest BCUT2D eigenvalue weighted by Crippen LogP contribution is -2.34. The van der Waals surface area contributed by atoms with Crippen LogP contribution in [0.2, 0.25) is 0 Å². The number of aromatic hydroxyl groups is 1. The Bertz CT molecular complexity index is 708. The molecule has 1 heterocycles. The molecular formula is C17H20N2O3. The molecule has 1 unspecified atom stereocenters. The first-order chi connectivity index (χ1) is 10.5. The first-order valence-electron chi connectivity index (χ1n) is 7.22. The minimum absolute atomic E-state index is 0.00895. The number of amides is 1. The van der Waals surface area contributed by atoms with E-state index in [-0.39, 0.29) is 11.6 Å². The summed E-state index contributed by atoms with van der Waals surface area (Å²) < 4.78 is 1.23. The zero-order valence-corrected chi connectivity index (χ0v) is 12.7. The summed E-state index contributed by atoms with van der Waals surface area (Å²) in [5.74, 6) is -0.950. The number of nitrogens with one attached hydrogen (secondary N) is 1. The fraction of sp³-hybridized carbons (Fsp3) is 0.294. The van der Waals surface area contributed by atoms with Gasteiger partial charge in [0.05, 0.1) is 5.56 Å². The molecule has 1 aromatic heterocycles. The summed E-state index contributed by atoms with van der Waals surface area (Å²) in [6, 6.07) is 11.4. The molecule has 5 heteroatoms. The van der Waals surface area contributed by atoms with Gasteiger partial charge in [-0.3, -0.25) is 9.59 Å². The summed E-state index contributed by atoms with van der Waals surface area (Å²) in [6.07, 6.45) is 3.10. The van der Waals surface area contributed by atoms with E-state index < -0.39 is 17.2 Å². The average molecular weight is 300 g/mol. The van der Waals surface area contributed by atoms with Crippen molar-refractivity contribution in [2.24, 2.45) is 7.05 Å². The largest absolute Gasteiger partial charge is 0.502 e. The van der Waals surface area contributed by atoms with Crippen LogP contribution in [0.15, 0.2) is 47.4 Å². The predicted molar refractivity (Wildman–Crippen MR) is 85.0 cm³/mol. The van der Waals surface area contributed by atoms with Gasteiger partial charge in [-0.2, -0.15) is 0 Å². The second-order valence-corrected chi connectivity index (χ2v) is 5.39. The topological polar surface area (TPSA) is 71.3 Å². The Kier molecular flexibility index (Phi) is 4.99. The van der Waals surface area contributed by atoms with Crippen LogP contribution in [-0.2, 0) is 13.5 Å². The number of hydrogen-bond acceptors (Lipinski definition) is 3. The smallest absolute Gasteiger partial charge is 0.293 e. The molecule has 0 bridgehead atoms. The van der Waals surface area contributed by atoms with E-state index in [2.05, 4.69) is 5.32 Å². The maximum Gasteiger partial charge on any atom is 0.293 e. The summed E-state index contributed by atoms with van der Waals surface area (Å²) in [7, 11) is 1.52. The van der Waals surface area contributed by atoms with Crippen molar-refractivity contribution in [2.45, 2.75) is 25.8 Å². The zero-order chi connectivity index (χ0) is 16.1. The van der Waals surface area contributed by atoms with Crippen molar-refractivity contribution in [3.63, 3.8) is 0 Å². The van der Waals surface area contributed by atoms with Gasteiger partial charge in [0, 0.05) is 19.3 Å². The van der Waals surface area contributed by atoms with Gasteiger partial charge in [0.1, 0.15) is 0 Å². The van der Waals surface area contributed by atoms with Gasteiger partial charge >= 0.3 is 0 Å². The maximum atomic E-state index is 12.1. The number of benzene rings is 1. The van der Waals surface area contributed by atoms with Crippen LogP contribution in [0.3, 0.4) is 0 Å². The third-order valence-corrected chi connectivity index (χ3v) is 3.57. The Morgan fingerprint density at radius 3 is 2.64 bits per heavy atom. The van der Waals surface area contributed by atoms with Gasteiger partial charge in [-0.1, -0.05) is 30.3 Å². The van der Waals surface area contributed by atoms with Crippen LogP contribution in [0.1, 0.15) is 29.3 Å². The lowest BCUT2D eigenvalue weighted by Gasteiger charge is -2.14. The van der Waals surface area contributed by atoms with E-state index in [1.807, 2.05) is 37.3 Å². The minimum atomic E-state index is -0.579. The molecule has 0 aliphatic heterocycles. The summed E-state index contributed by atoms with van der Waals surface area (Å²) >= 11 is 0. The molecule has 2 N–H and O–H groups in total. The average Bonchev–Trinajstić information content (AvgIpc) is 2.51. The molecule has 0 saturated carbocycles. The molecule has 116 valence electrons. The van der Waals surface area contributed by atoms with Crippen molar-refractivity contribution in [1.29, 1.82) is 0 Å². The van der Waals surface area contributed by atoms with Gasteiger partial charge in [-0.15, -0.1) is 0 Å². The van der Waals surface area contributed by atoms with Crippen molar-refractivity contribution >= 4 is 5.91 Å². The van der Waals surface area contributed by atoms with E-state index >= 15 is 0 Å². The molecule has 0 radical (unpaired) electrons. The van der Waals surface area contributed by atoms with Gasteiger partial charge < -0.3 is 15.0 Å². The highest BCUT2D eigenvalue weighted by Crippen LogP contribution is 2.11. The monoisotopic (exact) mass is 300 g/mol. The summed E-state index contributed by atoms with van der Waals surface area (Å²) in [4.78, 5) is 23.8. The lowest BCUT2D eigenvalue weighted by molar-refractivity contribution is 0.0935. The molecule has 0 saturated heterocycles. The highest BCUT2D eigenvalue weighted by atomic mass is 16.3. The second kappa shape index (κ2) is 6.93. The fourth-order valence-corrected chi connectivity index (χ4v) is 2.20. The minimum Gasteiger partial charge on any atom is -0.502 e. The molecular weight excluding hydrogens is 280 g/mol. The van der Waals surface area contributed by atoms with E-state index in [9.17, 15) is 14.7 Å². The van der Waals surface area contributed by atoms with Gasteiger partial charge in [0.15, 0.2) is 5.75 Å². The Morgan fingerprint density at radius 1 is 1.27 bits per heavy atom. The van der Waals surface area contributed by atoms with Crippen molar-refractivity contribution in [3.8, 4) is 5.75 Å². The number of carbonyl (C=O) groups excluding carboxylic acids is 1. The third-order valence-electron chi connectivity index (χ3n) is 3.57. The fourth-order valence-electron chi connectivity index (χ4n) is 2.20. The Hall–Kier alpha value is -2.56. The van der Waals surface area contributed by atoms with Crippen LogP contribution < -0.4 is 10.9 Å². The highest BCUT2D eigenvalue weighted by Gasteiger charge is 2.16. The summed E-state index contributed by atoms with van der Waals surface area (Å²) in [5, 5.41) is 12.6. The number of carbonyl (C=O) groups is 1. The molecule has 1 amide bonds. The molecule has 5 nitrogen and oxygen atoms in total. The first-order valence-corrected chi connectivity index (χ1v) is 7.22. The second-order valence-electron chi connectivity index (χ2n) is 5.39. The Labute approximate surface area is 129 Å². The Balaban J connectivity index is 1.97. The maximum absolute atomic E-state index is 12.1. The third kappa shape index (κ3) is 3.75. The predicted octanol–water partition coefficient (Wildman–Crippen LogP) is 1.84. The molecule has 22 heavy (non-hydrogen) atoms. The molecule has 2 rings (SSSR count). The van der Waals surface area contributed by atoms with Crippen LogP contribution in [0.25, 0.3) is 0 Å². The van der Waals surface area contributed by atoms with Crippen LogP contribution in [0.4, 0.5) is 0 Å². The van der Waals surface area contributed by atoms with Crippen molar-refractivity contribution in [2.75, 3.05) is 0 Å². The van der Waals surface area contributed by atoms with E-state index in [0.29, 0.717) is 0 Å². The molecule has 0 aliphatic rings. The van der Waals surface area contributed by atoms with Gasteiger partial charge in [-0.25, -0.2) is 0 Å². The molecule has 1 atom stereocenters. The van der Waals surface area contributed by atoms with E-state index in [1.54, 1.807) is 0 Å². The van der Waals surface area contributed by atoms with E-state index in [4.69, 9.17) is 0 Å². The van der Waals surface area contributed by atoms with Gasteiger partial charge in [0.25, 0.3) is 11.5 Å². The number of aryl methyl sites for hydroxylation is 2. The normalized spacial score (nSPS) is 11.9. The molecule has 2 aromatic rings. The van der Waals surface area contributed by atoms with Crippen molar-refractivity contribution in [1.82, 2.24) is 9.88 Å². The van der Waals surface area contributed by atoms with Crippen LogP contribution in [-0.4, -0.2) is 21.6 Å². The highest BCUT2D eigenvalue weighted by molar-refractivity contribution is 5.96. The zero-order valence-electron chi connectivity index (χ0n) is 12.7. The van der Waals surface area contributed by atoms with Crippen molar-refractivity contribution in [3.05, 3.63) is 64.1 Å². The Morgan fingerprint density at radius 2 is 1.95 bits per heavy atom. The molecule has 0 fully saturated rings. The van der Waals surface area contributed by atoms with Crippen molar-refractivity contribution < 1.29 is 9.90 Å². The molecule has 0 spiro atoms. The first kappa shape index (κ1) is 15.8. The van der Waals surface area contributed by atoms with E-state index in [0.717, 1.165) is 12.8 Å². The SMILES string of the molecule is CC(CCc1ccccc1)NC(=O)c1ccn(C)c(=O)c1O. The van der Waals surface area contributed by atoms with E-state index in [1.165, 1.54) is 29.4 Å². The molecule has 1 aromatic carbocycles. The summed E-state index contributed by atoms with van der Waals surface area (Å²) in [5.41, 5.74) is 0.638. The number of hydrogen-bond donors (Lipinski definition) is 2. The number of nitrogens with zero attached hydrogens (tertiary/aromatic N) is 1. The van der Waals surface area contributed by atoms with Crippen LogP contribution in [0, 0.1) is 0 Å². The number of aromatic nitrogens is 1. The van der Waals surface area contributed by atoms with Crippen LogP contribution >= 0.6 is 0 Å². The quantitative estimate of drug-likeness (QED) is 0.885. The van der Waals surface area contributed by atoms with Crippen LogP contribution in [0.5, 0.6) is 5.75 Å². The molecule has 0 aliphatic carbocycles. The number of rotatable bonds is 5. The lowest BCUT2D eigenvalue weighted by atomic mass is 10.1. The number of pyridine rings is 1. The standard InChI is InChI=1S/C17H20N2O3/c1-12(8-9-13-6-4-3-5-7-13)18-16(21)14-10-11-19(2)17(22)15(14)20/h3-7,10-12,20H,8-9H2,1-2H3,(H,18,21).